The van der Waals surface area contributed by atoms with Gasteiger partial charge in [0.1, 0.15) is 5.52 Å². The highest BCUT2D eigenvalue weighted by Crippen LogP contribution is 2.29. The predicted molar refractivity (Wildman–Crippen MR) is 101 cm³/mol. The smallest absolute Gasteiger partial charge is 0.111 e. The highest BCUT2D eigenvalue weighted by atomic mass is 15.5. The largest absolute Gasteiger partial charge is 0.312 e. The molecule has 3 heterocycles. The SMILES string of the molecule is CCc1nc2c(C)ncc(C3=CN(C4CCCCC4)NC3)c2nc1C. The Hall–Kier alpha value is -2.01. The van der Waals surface area contributed by atoms with Crippen LogP contribution in [0.3, 0.4) is 0 Å². The minimum absolute atomic E-state index is 0.621. The van der Waals surface area contributed by atoms with Crippen molar-refractivity contribution >= 4 is 16.6 Å². The van der Waals surface area contributed by atoms with Crippen LogP contribution in [0.2, 0.25) is 0 Å². The molecule has 4 rings (SSSR count). The van der Waals surface area contributed by atoms with Crippen LogP contribution in [-0.2, 0) is 6.42 Å². The topological polar surface area (TPSA) is 53.9 Å². The summed E-state index contributed by atoms with van der Waals surface area (Å²) in [7, 11) is 0. The molecule has 1 N–H and O–H groups in total. The van der Waals surface area contributed by atoms with Crippen LogP contribution >= 0.6 is 0 Å². The minimum Gasteiger partial charge on any atom is -0.312 e. The first-order chi connectivity index (χ1) is 12.2. The van der Waals surface area contributed by atoms with Crippen LogP contribution in [0.25, 0.3) is 16.6 Å². The van der Waals surface area contributed by atoms with Gasteiger partial charge in [0.05, 0.1) is 22.6 Å². The van der Waals surface area contributed by atoms with E-state index >= 15 is 0 Å². The summed E-state index contributed by atoms with van der Waals surface area (Å²) < 4.78 is 0. The van der Waals surface area contributed by atoms with Crippen LogP contribution in [-0.4, -0.2) is 32.5 Å². The first-order valence-corrected chi connectivity index (χ1v) is 9.53. The molecule has 25 heavy (non-hydrogen) atoms. The van der Waals surface area contributed by atoms with Gasteiger partial charge in [-0.25, -0.2) is 15.4 Å². The van der Waals surface area contributed by atoms with Crippen molar-refractivity contribution in [1.82, 2.24) is 25.4 Å². The number of hydrazine groups is 1. The zero-order valence-electron chi connectivity index (χ0n) is 15.5. The molecule has 0 radical (unpaired) electrons. The third-order valence-electron chi connectivity index (χ3n) is 5.55. The Bertz CT molecular complexity index is 820. The molecule has 0 bridgehead atoms. The minimum atomic E-state index is 0.621. The average Bonchev–Trinajstić information content (AvgIpc) is 3.12. The third-order valence-corrected chi connectivity index (χ3v) is 5.55. The molecule has 0 aromatic carbocycles. The van der Waals surface area contributed by atoms with Crippen molar-refractivity contribution < 1.29 is 0 Å². The fourth-order valence-corrected chi connectivity index (χ4v) is 4.04. The van der Waals surface area contributed by atoms with Crippen molar-refractivity contribution in [2.45, 2.75) is 65.3 Å². The second-order valence-corrected chi connectivity index (χ2v) is 7.25. The molecule has 1 saturated carbocycles. The van der Waals surface area contributed by atoms with Crippen molar-refractivity contribution in [1.29, 1.82) is 0 Å². The molecule has 2 aromatic heterocycles. The van der Waals surface area contributed by atoms with E-state index in [2.05, 4.69) is 35.5 Å². The number of nitrogens with one attached hydrogen (secondary N) is 1. The Kier molecular flexibility index (Phi) is 4.42. The van der Waals surface area contributed by atoms with Gasteiger partial charge in [-0.2, -0.15) is 0 Å². The Morgan fingerprint density at radius 2 is 1.88 bits per heavy atom. The quantitative estimate of drug-likeness (QED) is 0.925. The van der Waals surface area contributed by atoms with Crippen molar-refractivity contribution in [2.24, 2.45) is 0 Å². The normalized spacial score (nSPS) is 18.8. The molecule has 1 aliphatic heterocycles. The van der Waals surface area contributed by atoms with Crippen molar-refractivity contribution in [3.8, 4) is 0 Å². The Labute approximate surface area is 149 Å². The summed E-state index contributed by atoms with van der Waals surface area (Å²) in [6, 6.07) is 0.621. The number of hydrogen-bond donors (Lipinski definition) is 1. The van der Waals surface area contributed by atoms with Gasteiger partial charge in [0.2, 0.25) is 0 Å². The Balaban J connectivity index is 1.74. The van der Waals surface area contributed by atoms with Gasteiger partial charge in [-0.05, 0) is 38.7 Å². The van der Waals surface area contributed by atoms with E-state index in [1.165, 1.54) is 37.7 Å². The van der Waals surface area contributed by atoms with E-state index in [0.717, 1.165) is 46.6 Å². The van der Waals surface area contributed by atoms with Gasteiger partial charge in [0.25, 0.3) is 0 Å². The lowest BCUT2D eigenvalue weighted by molar-refractivity contribution is 0.175. The Morgan fingerprint density at radius 3 is 2.64 bits per heavy atom. The number of pyridine rings is 1. The van der Waals surface area contributed by atoms with Crippen LogP contribution in [0, 0.1) is 13.8 Å². The van der Waals surface area contributed by atoms with Crippen LogP contribution in [0.1, 0.15) is 61.7 Å². The highest BCUT2D eigenvalue weighted by Gasteiger charge is 2.24. The fraction of sp³-hybridized carbons (Fsp3) is 0.550. The number of hydrogen-bond acceptors (Lipinski definition) is 5. The lowest BCUT2D eigenvalue weighted by Gasteiger charge is -2.30. The van der Waals surface area contributed by atoms with Crippen molar-refractivity contribution in [2.75, 3.05) is 6.54 Å². The molecule has 0 amide bonds. The highest BCUT2D eigenvalue weighted by molar-refractivity contribution is 5.90. The van der Waals surface area contributed by atoms with Gasteiger partial charge in [0, 0.05) is 30.5 Å². The van der Waals surface area contributed by atoms with E-state index in [1.54, 1.807) is 0 Å². The van der Waals surface area contributed by atoms with Crippen molar-refractivity contribution in [3.05, 3.63) is 35.0 Å². The van der Waals surface area contributed by atoms with Crippen LogP contribution in [0.15, 0.2) is 12.4 Å². The van der Waals surface area contributed by atoms with Gasteiger partial charge in [-0.15, -0.1) is 0 Å². The average molecular weight is 337 g/mol. The first-order valence-electron chi connectivity index (χ1n) is 9.53. The van der Waals surface area contributed by atoms with E-state index < -0.39 is 0 Å². The maximum Gasteiger partial charge on any atom is 0.111 e. The zero-order valence-corrected chi connectivity index (χ0v) is 15.5. The molecule has 132 valence electrons. The monoisotopic (exact) mass is 337 g/mol. The van der Waals surface area contributed by atoms with E-state index in [0.29, 0.717) is 6.04 Å². The van der Waals surface area contributed by atoms with Gasteiger partial charge in [0.15, 0.2) is 0 Å². The molecule has 0 atom stereocenters. The van der Waals surface area contributed by atoms with Gasteiger partial charge >= 0.3 is 0 Å². The fourth-order valence-electron chi connectivity index (χ4n) is 4.04. The summed E-state index contributed by atoms with van der Waals surface area (Å²) in [6.07, 6.45) is 11.8. The number of aromatic nitrogens is 3. The van der Waals surface area contributed by atoms with E-state index in [-0.39, 0.29) is 0 Å². The third kappa shape index (κ3) is 3.01. The summed E-state index contributed by atoms with van der Waals surface area (Å²) in [4.78, 5) is 14.4. The van der Waals surface area contributed by atoms with Crippen LogP contribution in [0.4, 0.5) is 0 Å². The second-order valence-electron chi connectivity index (χ2n) is 7.25. The van der Waals surface area contributed by atoms with Gasteiger partial charge in [-0.3, -0.25) is 4.98 Å². The number of rotatable bonds is 3. The number of aryl methyl sites for hydroxylation is 3. The maximum absolute atomic E-state index is 4.90. The molecule has 0 spiro atoms. The molecule has 0 unspecified atom stereocenters. The first kappa shape index (κ1) is 16.5. The van der Waals surface area contributed by atoms with E-state index in [1.807, 2.05) is 13.1 Å². The van der Waals surface area contributed by atoms with Crippen LogP contribution in [0.5, 0.6) is 0 Å². The molecular formula is C20H27N5. The molecule has 2 aromatic rings. The molecule has 2 aliphatic rings. The number of nitrogens with zero attached hydrogens (tertiary/aromatic N) is 4. The Morgan fingerprint density at radius 1 is 1.08 bits per heavy atom. The molecule has 5 nitrogen and oxygen atoms in total. The predicted octanol–water partition coefficient (Wildman–Crippen LogP) is 3.70. The summed E-state index contributed by atoms with van der Waals surface area (Å²) >= 11 is 0. The summed E-state index contributed by atoms with van der Waals surface area (Å²) in [5, 5.41) is 2.32. The molecule has 1 fully saturated rings. The molecule has 5 heteroatoms. The second kappa shape index (κ2) is 6.71. The molecule has 0 saturated heterocycles. The van der Waals surface area contributed by atoms with E-state index in [9.17, 15) is 0 Å². The van der Waals surface area contributed by atoms with Crippen molar-refractivity contribution in [3.63, 3.8) is 0 Å². The van der Waals surface area contributed by atoms with E-state index in [4.69, 9.17) is 9.97 Å². The van der Waals surface area contributed by atoms with Crippen LogP contribution < -0.4 is 5.43 Å². The summed E-state index contributed by atoms with van der Waals surface area (Å²) in [5.41, 5.74) is 10.9. The lowest BCUT2D eigenvalue weighted by Crippen LogP contribution is -2.39. The van der Waals surface area contributed by atoms with Gasteiger partial charge < -0.3 is 5.01 Å². The summed E-state index contributed by atoms with van der Waals surface area (Å²) in [6.45, 7) is 7.04. The zero-order chi connectivity index (χ0) is 17.4. The molecular weight excluding hydrogens is 310 g/mol. The van der Waals surface area contributed by atoms with Gasteiger partial charge in [-0.1, -0.05) is 26.2 Å². The number of fused-ring (bicyclic) bond motifs is 1. The maximum atomic E-state index is 4.90. The standard InChI is InChI=1S/C20H27N5/c1-4-18-13(2)23-20-17(11-21-14(3)19(20)24-18)15-10-22-25(12-15)16-8-6-5-7-9-16/h11-12,16,22H,4-10H2,1-3H3. The molecule has 1 aliphatic carbocycles. The lowest BCUT2D eigenvalue weighted by atomic mass is 9.95. The summed E-state index contributed by atoms with van der Waals surface area (Å²) in [5.74, 6) is 0.